The summed E-state index contributed by atoms with van der Waals surface area (Å²) in [5.41, 5.74) is 2.01. The number of nitrogens with zero attached hydrogens (tertiary/aromatic N) is 1. The molecule has 1 amide bonds. The van der Waals surface area contributed by atoms with Gasteiger partial charge in [-0.3, -0.25) is 4.79 Å². The number of carbonyl (C=O) groups is 1. The van der Waals surface area contributed by atoms with Crippen molar-refractivity contribution in [2.45, 2.75) is 19.7 Å². The molecule has 0 spiro atoms. The summed E-state index contributed by atoms with van der Waals surface area (Å²) in [5, 5.41) is 3.28. The lowest BCUT2D eigenvalue weighted by molar-refractivity contribution is -0.0514. The van der Waals surface area contributed by atoms with Gasteiger partial charge in [0.15, 0.2) is 11.5 Å². The molecule has 0 radical (unpaired) electrons. The number of benzene rings is 2. The first-order chi connectivity index (χ1) is 12.0. The molecular weight excluding hydrogens is 330 g/mol. The molecule has 1 N–H and O–H groups in total. The highest BCUT2D eigenvalue weighted by Crippen LogP contribution is 2.36. The van der Waals surface area contributed by atoms with Crippen LogP contribution in [0.5, 0.6) is 11.5 Å². The molecule has 3 rings (SSSR count). The largest absolute Gasteiger partial charge is 0.490 e. The second-order valence-corrected chi connectivity index (χ2v) is 5.53. The second-order valence-electron chi connectivity index (χ2n) is 5.53. The van der Waals surface area contributed by atoms with Gasteiger partial charge in [-0.2, -0.15) is 8.78 Å². The van der Waals surface area contributed by atoms with Crippen LogP contribution >= 0.6 is 0 Å². The van der Waals surface area contributed by atoms with Crippen molar-refractivity contribution in [3.05, 3.63) is 53.6 Å². The number of rotatable bonds is 5. The highest BCUT2D eigenvalue weighted by molar-refractivity contribution is 6.01. The smallest absolute Gasteiger partial charge is 0.387 e. The molecule has 0 fully saturated rings. The maximum absolute atomic E-state index is 12.6. The van der Waals surface area contributed by atoms with Crippen LogP contribution in [0, 0.1) is 0 Å². The number of hydrogen-bond donors (Lipinski definition) is 1. The molecule has 0 saturated heterocycles. The fourth-order valence-electron chi connectivity index (χ4n) is 2.81. The zero-order chi connectivity index (χ0) is 18.0. The standard InChI is InChI=1S/C18H18F2N2O3/c1-3-24-15-10-11(8-9-14(15)25-18(19)20)16-21-13-7-5-4-6-12(13)17(23)22(16)2/h4-10,16,18,21H,3H2,1-2H3. The van der Waals surface area contributed by atoms with Crippen molar-refractivity contribution < 1.29 is 23.0 Å². The van der Waals surface area contributed by atoms with Crippen molar-refractivity contribution in [3.63, 3.8) is 0 Å². The van der Waals surface area contributed by atoms with E-state index in [1.807, 2.05) is 12.1 Å². The summed E-state index contributed by atoms with van der Waals surface area (Å²) in [6.45, 7) is -0.878. The van der Waals surface area contributed by atoms with Crippen LogP contribution in [0.2, 0.25) is 0 Å². The van der Waals surface area contributed by atoms with Crippen molar-refractivity contribution in [3.8, 4) is 11.5 Å². The van der Waals surface area contributed by atoms with Gasteiger partial charge < -0.3 is 19.7 Å². The lowest BCUT2D eigenvalue weighted by atomic mass is 10.0. The molecule has 1 aliphatic rings. The molecule has 5 nitrogen and oxygen atoms in total. The number of ether oxygens (including phenoxy) is 2. The Hall–Kier alpha value is -2.83. The van der Waals surface area contributed by atoms with Crippen molar-refractivity contribution in [1.82, 2.24) is 4.90 Å². The van der Waals surface area contributed by atoms with Gasteiger partial charge in [0.1, 0.15) is 6.17 Å². The SMILES string of the molecule is CCOc1cc(C2Nc3ccccc3C(=O)N2C)ccc1OC(F)F. The van der Waals surface area contributed by atoms with E-state index in [4.69, 9.17) is 4.74 Å². The number of anilines is 1. The zero-order valence-electron chi connectivity index (χ0n) is 13.8. The van der Waals surface area contributed by atoms with Gasteiger partial charge in [-0.25, -0.2) is 0 Å². The first-order valence-electron chi connectivity index (χ1n) is 7.85. The molecule has 0 saturated carbocycles. The van der Waals surface area contributed by atoms with Crippen LogP contribution in [0.3, 0.4) is 0 Å². The Kier molecular flexibility index (Phi) is 4.74. The van der Waals surface area contributed by atoms with Gasteiger partial charge in [0.2, 0.25) is 0 Å². The number of amides is 1. The molecule has 0 aliphatic carbocycles. The third-order valence-electron chi connectivity index (χ3n) is 3.96. The monoisotopic (exact) mass is 348 g/mol. The summed E-state index contributed by atoms with van der Waals surface area (Å²) in [6.07, 6.45) is -0.442. The molecule has 1 atom stereocenters. The van der Waals surface area contributed by atoms with Gasteiger partial charge in [-0.05, 0) is 36.8 Å². The molecule has 1 unspecified atom stereocenters. The summed E-state index contributed by atoms with van der Waals surface area (Å²) < 4.78 is 35.0. The Morgan fingerprint density at radius 2 is 1.96 bits per heavy atom. The Morgan fingerprint density at radius 3 is 2.68 bits per heavy atom. The number of alkyl halides is 2. The highest BCUT2D eigenvalue weighted by Gasteiger charge is 2.30. The van der Waals surface area contributed by atoms with Gasteiger partial charge in [0.25, 0.3) is 5.91 Å². The summed E-state index contributed by atoms with van der Waals surface area (Å²) in [6, 6.07) is 11.9. The predicted molar refractivity (Wildman–Crippen MR) is 89.1 cm³/mol. The highest BCUT2D eigenvalue weighted by atomic mass is 19.3. The van der Waals surface area contributed by atoms with Crippen molar-refractivity contribution in [1.29, 1.82) is 0 Å². The van der Waals surface area contributed by atoms with Crippen molar-refractivity contribution in [2.24, 2.45) is 0 Å². The fourth-order valence-corrected chi connectivity index (χ4v) is 2.81. The Bertz CT molecular complexity index is 783. The quantitative estimate of drug-likeness (QED) is 0.891. The minimum atomic E-state index is -2.94. The van der Waals surface area contributed by atoms with E-state index in [1.54, 1.807) is 43.1 Å². The first-order valence-corrected chi connectivity index (χ1v) is 7.85. The molecule has 1 aliphatic heterocycles. The summed E-state index contributed by atoms with van der Waals surface area (Å²) >= 11 is 0. The number of hydrogen-bond acceptors (Lipinski definition) is 4. The fraction of sp³-hybridized carbons (Fsp3) is 0.278. The minimum Gasteiger partial charge on any atom is -0.490 e. The second kappa shape index (κ2) is 6.96. The Morgan fingerprint density at radius 1 is 1.20 bits per heavy atom. The van der Waals surface area contributed by atoms with Gasteiger partial charge in [-0.1, -0.05) is 18.2 Å². The summed E-state index contributed by atoms with van der Waals surface area (Å²) in [4.78, 5) is 14.1. The molecule has 25 heavy (non-hydrogen) atoms. The lowest BCUT2D eigenvalue weighted by Gasteiger charge is -2.35. The van der Waals surface area contributed by atoms with E-state index in [0.717, 1.165) is 5.69 Å². The van der Waals surface area contributed by atoms with E-state index in [2.05, 4.69) is 10.1 Å². The van der Waals surface area contributed by atoms with E-state index >= 15 is 0 Å². The normalized spacial score (nSPS) is 16.4. The van der Waals surface area contributed by atoms with Crippen LogP contribution in [0.15, 0.2) is 42.5 Å². The average Bonchev–Trinajstić information content (AvgIpc) is 2.59. The first kappa shape index (κ1) is 17.0. The van der Waals surface area contributed by atoms with Crippen LogP contribution in [0.1, 0.15) is 29.0 Å². The maximum atomic E-state index is 12.6. The van der Waals surface area contributed by atoms with Crippen LogP contribution in [0.25, 0.3) is 0 Å². The number of para-hydroxylation sites is 1. The molecule has 0 aromatic heterocycles. The predicted octanol–water partition coefficient (Wildman–Crippen LogP) is 3.88. The van der Waals surface area contributed by atoms with Gasteiger partial charge in [-0.15, -0.1) is 0 Å². The number of fused-ring (bicyclic) bond motifs is 1. The number of nitrogens with one attached hydrogen (secondary N) is 1. The van der Waals surface area contributed by atoms with Crippen LogP contribution in [0.4, 0.5) is 14.5 Å². The van der Waals surface area contributed by atoms with E-state index in [0.29, 0.717) is 17.7 Å². The topological polar surface area (TPSA) is 50.8 Å². The van der Waals surface area contributed by atoms with E-state index in [9.17, 15) is 13.6 Å². The molecular formula is C18H18F2N2O3. The third-order valence-corrected chi connectivity index (χ3v) is 3.96. The molecule has 1 heterocycles. The molecule has 7 heteroatoms. The Balaban J connectivity index is 1.96. The van der Waals surface area contributed by atoms with Crippen LogP contribution in [-0.4, -0.2) is 31.1 Å². The van der Waals surface area contributed by atoms with Crippen LogP contribution in [-0.2, 0) is 0 Å². The number of halogens is 2. The minimum absolute atomic E-state index is 0.0363. The van der Waals surface area contributed by atoms with E-state index < -0.39 is 12.8 Å². The van der Waals surface area contributed by atoms with Gasteiger partial charge in [0.05, 0.1) is 12.2 Å². The van der Waals surface area contributed by atoms with E-state index in [-0.39, 0.29) is 17.4 Å². The molecule has 2 aromatic rings. The van der Waals surface area contributed by atoms with Crippen LogP contribution < -0.4 is 14.8 Å². The van der Waals surface area contributed by atoms with E-state index in [1.165, 1.54) is 6.07 Å². The van der Waals surface area contributed by atoms with Gasteiger partial charge in [0, 0.05) is 12.7 Å². The third kappa shape index (κ3) is 3.35. The lowest BCUT2D eigenvalue weighted by Crippen LogP contribution is -2.40. The molecule has 2 aromatic carbocycles. The summed E-state index contributed by atoms with van der Waals surface area (Å²) in [7, 11) is 1.68. The Labute approximate surface area is 144 Å². The molecule has 132 valence electrons. The summed E-state index contributed by atoms with van der Waals surface area (Å²) in [5.74, 6) is 0.0535. The zero-order valence-corrected chi connectivity index (χ0v) is 13.8. The van der Waals surface area contributed by atoms with Crippen molar-refractivity contribution in [2.75, 3.05) is 19.0 Å². The molecule has 0 bridgehead atoms. The number of carbonyl (C=O) groups excluding carboxylic acids is 1. The van der Waals surface area contributed by atoms with Gasteiger partial charge >= 0.3 is 6.61 Å². The van der Waals surface area contributed by atoms with Crippen molar-refractivity contribution >= 4 is 11.6 Å². The average molecular weight is 348 g/mol. The maximum Gasteiger partial charge on any atom is 0.387 e.